The van der Waals surface area contributed by atoms with Gasteiger partial charge in [-0.25, -0.2) is 0 Å². The van der Waals surface area contributed by atoms with E-state index in [-0.39, 0.29) is 5.91 Å². The van der Waals surface area contributed by atoms with Crippen LogP contribution in [0.25, 0.3) is 0 Å². The second-order valence-corrected chi connectivity index (χ2v) is 5.74. The highest BCUT2D eigenvalue weighted by Gasteiger charge is 2.45. The molecule has 0 saturated heterocycles. The highest BCUT2D eigenvalue weighted by atomic mass is 16.5. The second-order valence-electron chi connectivity index (χ2n) is 5.74. The van der Waals surface area contributed by atoms with E-state index in [1.807, 2.05) is 50.4 Å². The molecule has 0 aromatic heterocycles. The Morgan fingerprint density at radius 1 is 1.14 bits per heavy atom. The van der Waals surface area contributed by atoms with E-state index in [0.29, 0.717) is 6.42 Å². The predicted octanol–water partition coefficient (Wildman–Crippen LogP) is 3.17. The summed E-state index contributed by atoms with van der Waals surface area (Å²) in [5.74, 6) is 0.909. The number of fused-ring (bicyclic) bond motifs is 1. The standard InChI is InChI=1S/C18H19NO2/c1-18(12-13-7-5-4-6-8-13)15-10-9-14(21-3)11-16(15)19(2)17(18)20/h4-11H,12H2,1-3H3/t18-/m1/s1. The molecule has 1 heterocycles. The SMILES string of the molecule is COc1ccc2c(c1)N(C)C(=O)[C@]2(C)Cc1ccccc1. The molecule has 108 valence electrons. The number of amides is 1. The van der Waals surface area contributed by atoms with E-state index in [1.165, 1.54) is 5.56 Å². The van der Waals surface area contributed by atoms with Gasteiger partial charge in [-0.05, 0) is 30.5 Å². The molecule has 21 heavy (non-hydrogen) atoms. The first kappa shape index (κ1) is 13.7. The molecule has 0 N–H and O–H groups in total. The molecule has 0 bridgehead atoms. The molecule has 2 aromatic carbocycles. The molecule has 1 aliphatic heterocycles. The van der Waals surface area contributed by atoms with Crippen LogP contribution >= 0.6 is 0 Å². The van der Waals surface area contributed by atoms with Gasteiger partial charge in [0.1, 0.15) is 5.75 Å². The number of anilines is 1. The van der Waals surface area contributed by atoms with Gasteiger partial charge in [-0.15, -0.1) is 0 Å². The molecule has 1 amide bonds. The number of hydrogen-bond donors (Lipinski definition) is 0. The molecular formula is C18H19NO2. The van der Waals surface area contributed by atoms with E-state index in [1.54, 1.807) is 12.0 Å². The fourth-order valence-corrected chi connectivity index (χ4v) is 3.15. The van der Waals surface area contributed by atoms with Crippen LogP contribution in [0.4, 0.5) is 5.69 Å². The van der Waals surface area contributed by atoms with Crippen molar-refractivity contribution in [2.75, 3.05) is 19.1 Å². The number of hydrogen-bond acceptors (Lipinski definition) is 2. The number of carbonyl (C=O) groups excluding carboxylic acids is 1. The lowest BCUT2D eigenvalue weighted by Gasteiger charge is -2.23. The van der Waals surface area contributed by atoms with E-state index >= 15 is 0 Å². The van der Waals surface area contributed by atoms with Crippen LogP contribution < -0.4 is 9.64 Å². The number of benzene rings is 2. The number of methoxy groups -OCH3 is 1. The van der Waals surface area contributed by atoms with Gasteiger partial charge in [-0.2, -0.15) is 0 Å². The summed E-state index contributed by atoms with van der Waals surface area (Å²) in [5, 5.41) is 0. The van der Waals surface area contributed by atoms with E-state index in [4.69, 9.17) is 4.74 Å². The molecule has 3 rings (SSSR count). The fraction of sp³-hybridized carbons (Fsp3) is 0.278. The molecule has 0 radical (unpaired) electrons. The van der Waals surface area contributed by atoms with Gasteiger partial charge in [0.2, 0.25) is 5.91 Å². The van der Waals surface area contributed by atoms with E-state index in [9.17, 15) is 4.79 Å². The van der Waals surface area contributed by atoms with Crippen LogP contribution in [-0.4, -0.2) is 20.1 Å². The normalized spacial score (nSPS) is 20.5. The van der Waals surface area contributed by atoms with Crippen LogP contribution in [0.1, 0.15) is 18.1 Å². The molecule has 0 aliphatic carbocycles. The molecular weight excluding hydrogens is 262 g/mol. The lowest BCUT2D eigenvalue weighted by Crippen LogP contribution is -2.37. The Morgan fingerprint density at radius 2 is 1.86 bits per heavy atom. The molecule has 3 nitrogen and oxygen atoms in total. The summed E-state index contributed by atoms with van der Waals surface area (Å²) in [6.45, 7) is 2.02. The Bertz CT molecular complexity index is 681. The Kier molecular flexibility index (Phi) is 3.20. The largest absolute Gasteiger partial charge is 0.497 e. The number of likely N-dealkylation sites (N-methyl/N-ethyl adjacent to an activating group) is 1. The zero-order valence-corrected chi connectivity index (χ0v) is 12.6. The van der Waals surface area contributed by atoms with Gasteiger partial charge in [0.05, 0.1) is 18.2 Å². The number of rotatable bonds is 3. The minimum absolute atomic E-state index is 0.134. The van der Waals surface area contributed by atoms with Crippen molar-refractivity contribution in [3.05, 3.63) is 59.7 Å². The Morgan fingerprint density at radius 3 is 2.52 bits per heavy atom. The lowest BCUT2D eigenvalue weighted by atomic mass is 9.78. The van der Waals surface area contributed by atoms with E-state index in [2.05, 4.69) is 12.1 Å². The quantitative estimate of drug-likeness (QED) is 0.865. The van der Waals surface area contributed by atoms with Crippen LogP contribution in [0.5, 0.6) is 5.75 Å². The van der Waals surface area contributed by atoms with Gasteiger partial charge in [0.15, 0.2) is 0 Å². The summed E-state index contributed by atoms with van der Waals surface area (Å²) in [6.07, 6.45) is 0.705. The Balaban J connectivity index is 2.06. The average Bonchev–Trinajstić information content (AvgIpc) is 2.70. The maximum absolute atomic E-state index is 12.8. The average molecular weight is 281 g/mol. The Hall–Kier alpha value is -2.29. The van der Waals surface area contributed by atoms with Gasteiger partial charge in [-0.3, -0.25) is 4.79 Å². The molecule has 2 aromatic rings. The first-order valence-corrected chi connectivity index (χ1v) is 7.07. The van der Waals surface area contributed by atoms with Gasteiger partial charge in [-0.1, -0.05) is 36.4 Å². The van der Waals surface area contributed by atoms with E-state index in [0.717, 1.165) is 17.0 Å². The molecule has 1 atom stereocenters. The van der Waals surface area contributed by atoms with Gasteiger partial charge in [0.25, 0.3) is 0 Å². The molecule has 0 unspecified atom stereocenters. The van der Waals surface area contributed by atoms with Crippen LogP contribution in [0.15, 0.2) is 48.5 Å². The highest BCUT2D eigenvalue weighted by molar-refractivity contribution is 6.07. The van der Waals surface area contributed by atoms with Crippen LogP contribution in [0.3, 0.4) is 0 Å². The maximum atomic E-state index is 12.8. The van der Waals surface area contributed by atoms with Crippen molar-refractivity contribution >= 4 is 11.6 Å². The predicted molar refractivity (Wildman–Crippen MR) is 83.9 cm³/mol. The van der Waals surface area contributed by atoms with Crippen LogP contribution in [-0.2, 0) is 16.6 Å². The van der Waals surface area contributed by atoms with Gasteiger partial charge in [0, 0.05) is 13.1 Å². The summed E-state index contributed by atoms with van der Waals surface area (Å²) in [4.78, 5) is 14.5. The topological polar surface area (TPSA) is 29.5 Å². The summed E-state index contributed by atoms with van der Waals surface area (Å²) in [6, 6.07) is 16.0. The minimum atomic E-state index is -0.516. The first-order chi connectivity index (χ1) is 10.1. The van der Waals surface area contributed by atoms with Crippen molar-refractivity contribution in [1.82, 2.24) is 0 Å². The van der Waals surface area contributed by atoms with Crippen molar-refractivity contribution in [2.24, 2.45) is 0 Å². The van der Waals surface area contributed by atoms with Crippen molar-refractivity contribution in [3.8, 4) is 5.75 Å². The molecule has 0 saturated carbocycles. The number of ether oxygens (including phenoxy) is 1. The van der Waals surface area contributed by atoms with Crippen LogP contribution in [0, 0.1) is 0 Å². The second kappa shape index (κ2) is 4.92. The van der Waals surface area contributed by atoms with Crippen molar-refractivity contribution in [1.29, 1.82) is 0 Å². The summed E-state index contributed by atoms with van der Waals surface area (Å²) in [5.41, 5.74) is 2.67. The Labute approximate surface area is 125 Å². The first-order valence-electron chi connectivity index (χ1n) is 7.07. The van der Waals surface area contributed by atoms with Crippen molar-refractivity contribution in [2.45, 2.75) is 18.8 Å². The minimum Gasteiger partial charge on any atom is -0.497 e. The summed E-state index contributed by atoms with van der Waals surface area (Å²) in [7, 11) is 3.47. The zero-order valence-electron chi connectivity index (χ0n) is 12.6. The van der Waals surface area contributed by atoms with Crippen molar-refractivity contribution < 1.29 is 9.53 Å². The molecule has 0 fully saturated rings. The monoisotopic (exact) mass is 281 g/mol. The zero-order chi connectivity index (χ0) is 15.0. The van der Waals surface area contributed by atoms with E-state index < -0.39 is 5.41 Å². The maximum Gasteiger partial charge on any atom is 0.237 e. The molecule has 0 spiro atoms. The number of nitrogens with zero attached hydrogens (tertiary/aromatic N) is 1. The fourth-order valence-electron chi connectivity index (χ4n) is 3.15. The van der Waals surface area contributed by atoms with Gasteiger partial charge < -0.3 is 9.64 Å². The molecule has 1 aliphatic rings. The van der Waals surface area contributed by atoms with Crippen molar-refractivity contribution in [3.63, 3.8) is 0 Å². The number of carbonyl (C=O) groups is 1. The highest BCUT2D eigenvalue weighted by Crippen LogP contribution is 2.44. The third-order valence-corrected chi connectivity index (χ3v) is 4.34. The third kappa shape index (κ3) is 2.09. The summed E-state index contributed by atoms with van der Waals surface area (Å²) >= 11 is 0. The summed E-state index contributed by atoms with van der Waals surface area (Å²) < 4.78 is 5.27. The van der Waals surface area contributed by atoms with Crippen LogP contribution in [0.2, 0.25) is 0 Å². The lowest BCUT2D eigenvalue weighted by molar-refractivity contribution is -0.122. The third-order valence-electron chi connectivity index (χ3n) is 4.34. The van der Waals surface area contributed by atoms with Gasteiger partial charge >= 0.3 is 0 Å². The molecule has 3 heteroatoms. The smallest absolute Gasteiger partial charge is 0.237 e.